The zero-order chi connectivity index (χ0) is 21.6. The van der Waals surface area contributed by atoms with E-state index in [0.29, 0.717) is 12.1 Å². The molecule has 0 spiro atoms. The molecule has 0 saturated heterocycles. The van der Waals surface area contributed by atoms with Gasteiger partial charge >= 0.3 is 0 Å². The number of rotatable bonds is 8. The largest absolute Gasteiger partial charge is 1.00 e. The molecule has 0 radical (unpaired) electrons. The molecule has 32 heavy (non-hydrogen) atoms. The van der Waals surface area contributed by atoms with Gasteiger partial charge in [0.2, 0.25) is 5.82 Å². The van der Waals surface area contributed by atoms with Gasteiger partial charge in [-0.2, -0.15) is 0 Å². The minimum absolute atomic E-state index is 0. The van der Waals surface area contributed by atoms with E-state index in [-0.39, 0.29) is 29.3 Å². The van der Waals surface area contributed by atoms with Gasteiger partial charge in [-0.05, 0) is 31.4 Å². The lowest BCUT2D eigenvalue weighted by molar-refractivity contribution is -0.710. The molecular weight excluding hydrogens is 472 g/mol. The first-order valence-electron chi connectivity index (χ1n) is 10.7. The Morgan fingerprint density at radius 3 is 2.66 bits per heavy atom. The SMILES string of the molecule is COc1ccc(OC)c(NCc2nn(CC(=O)c3ccccc3)c3[n+]2CCCCC3)c1.[Br-]. The quantitative estimate of drug-likeness (QED) is 0.358. The van der Waals surface area contributed by atoms with Crippen molar-refractivity contribution in [2.24, 2.45) is 0 Å². The van der Waals surface area contributed by atoms with Crippen molar-refractivity contribution in [3.8, 4) is 11.5 Å². The van der Waals surface area contributed by atoms with Gasteiger partial charge < -0.3 is 31.8 Å². The molecule has 170 valence electrons. The van der Waals surface area contributed by atoms with Gasteiger partial charge in [-0.15, -0.1) is 4.68 Å². The third kappa shape index (κ3) is 5.30. The first-order valence-corrected chi connectivity index (χ1v) is 10.7. The number of fused-ring (bicyclic) bond motifs is 1. The Morgan fingerprint density at radius 1 is 1.09 bits per heavy atom. The van der Waals surface area contributed by atoms with E-state index in [1.807, 2.05) is 53.2 Å². The van der Waals surface area contributed by atoms with Gasteiger partial charge in [0.15, 0.2) is 12.3 Å². The van der Waals surface area contributed by atoms with Crippen molar-refractivity contribution in [1.82, 2.24) is 9.78 Å². The number of methoxy groups -OCH3 is 2. The summed E-state index contributed by atoms with van der Waals surface area (Å²) in [5.74, 6) is 3.62. The number of nitrogens with zero attached hydrogens (tertiary/aromatic N) is 3. The summed E-state index contributed by atoms with van der Waals surface area (Å²) in [5.41, 5.74) is 1.56. The second kappa shape index (κ2) is 11.1. The van der Waals surface area contributed by atoms with Crippen LogP contribution in [0.4, 0.5) is 5.69 Å². The molecule has 0 fully saturated rings. The van der Waals surface area contributed by atoms with Crippen molar-refractivity contribution in [2.75, 3.05) is 19.5 Å². The second-order valence-electron chi connectivity index (χ2n) is 7.66. The molecule has 1 aliphatic heterocycles. The van der Waals surface area contributed by atoms with E-state index in [0.717, 1.165) is 54.6 Å². The minimum atomic E-state index is 0. The predicted octanol–water partition coefficient (Wildman–Crippen LogP) is 0.413. The van der Waals surface area contributed by atoms with Crippen molar-refractivity contribution in [2.45, 2.75) is 45.3 Å². The molecule has 0 aliphatic carbocycles. The molecule has 2 heterocycles. The zero-order valence-electron chi connectivity index (χ0n) is 18.5. The van der Waals surface area contributed by atoms with E-state index in [1.54, 1.807) is 14.2 Å². The summed E-state index contributed by atoms with van der Waals surface area (Å²) in [6, 6.07) is 15.1. The van der Waals surface area contributed by atoms with E-state index < -0.39 is 0 Å². The number of carbonyl (C=O) groups excluding carboxylic acids is 1. The van der Waals surface area contributed by atoms with Crippen LogP contribution in [0.5, 0.6) is 11.5 Å². The Labute approximate surface area is 199 Å². The summed E-state index contributed by atoms with van der Waals surface area (Å²) in [6.45, 7) is 1.70. The zero-order valence-corrected chi connectivity index (χ0v) is 20.1. The molecule has 4 rings (SSSR count). The van der Waals surface area contributed by atoms with Crippen LogP contribution in [0.25, 0.3) is 0 Å². The summed E-state index contributed by atoms with van der Waals surface area (Å²) >= 11 is 0. The molecule has 2 aromatic carbocycles. The van der Waals surface area contributed by atoms with E-state index in [1.165, 1.54) is 6.42 Å². The highest BCUT2D eigenvalue weighted by atomic mass is 79.9. The number of halogens is 1. The van der Waals surface area contributed by atoms with Crippen molar-refractivity contribution in [1.29, 1.82) is 0 Å². The van der Waals surface area contributed by atoms with Crippen LogP contribution in [0.2, 0.25) is 0 Å². The van der Waals surface area contributed by atoms with Crippen LogP contribution in [0.1, 0.15) is 41.3 Å². The van der Waals surface area contributed by atoms with Crippen molar-refractivity contribution in [3.05, 3.63) is 65.7 Å². The number of anilines is 1. The Morgan fingerprint density at radius 2 is 1.91 bits per heavy atom. The molecular formula is C24H29BrN4O3. The first kappa shape index (κ1) is 23.8. The number of Topliss-reactive ketones (excluding diaryl/α,β-unsaturated/α-hetero) is 1. The summed E-state index contributed by atoms with van der Waals surface area (Å²) in [4.78, 5) is 12.8. The average Bonchev–Trinajstić information content (AvgIpc) is 2.97. The average molecular weight is 501 g/mol. The first-order chi connectivity index (χ1) is 15.2. The molecule has 1 N–H and O–H groups in total. The number of ketones is 1. The Hall–Kier alpha value is -2.87. The standard InChI is InChI=1S/C24H29N4O3.BrH/c1-30-19-12-13-22(31-2)20(15-19)25-16-23-26-28(24-11-7-4-8-14-27(23)24)17-21(29)18-9-5-3-6-10-18;/h3,5-6,9-10,12-13,15,25H,4,7-8,11,14,16-17H2,1-2H3;1H/q+1;/p-1. The normalized spacial score (nSPS) is 12.8. The molecule has 0 atom stereocenters. The van der Waals surface area contributed by atoms with Crippen LogP contribution in [-0.2, 0) is 26.1 Å². The summed E-state index contributed by atoms with van der Waals surface area (Å²) in [5, 5.41) is 8.27. The smallest absolute Gasteiger partial charge is 0.296 e. The third-order valence-corrected chi connectivity index (χ3v) is 5.67. The molecule has 0 amide bonds. The van der Waals surface area contributed by atoms with Gasteiger partial charge in [-0.25, -0.2) is 4.57 Å². The van der Waals surface area contributed by atoms with Gasteiger partial charge in [0.05, 0.1) is 26.5 Å². The highest BCUT2D eigenvalue weighted by molar-refractivity contribution is 5.95. The number of benzene rings is 2. The maximum atomic E-state index is 12.8. The van der Waals surface area contributed by atoms with Gasteiger partial charge in [0.25, 0.3) is 5.82 Å². The lowest BCUT2D eigenvalue weighted by Gasteiger charge is -2.11. The van der Waals surface area contributed by atoms with E-state index in [9.17, 15) is 4.79 Å². The fourth-order valence-electron chi connectivity index (χ4n) is 4.03. The number of nitrogens with one attached hydrogen (secondary N) is 1. The van der Waals surface area contributed by atoms with Crippen molar-refractivity contribution >= 4 is 11.5 Å². The van der Waals surface area contributed by atoms with Gasteiger partial charge in [0.1, 0.15) is 18.0 Å². The fourth-order valence-corrected chi connectivity index (χ4v) is 4.03. The van der Waals surface area contributed by atoms with Crippen LogP contribution in [0, 0.1) is 0 Å². The Kier molecular flexibility index (Phi) is 8.27. The Bertz CT molecular complexity index is 1050. The third-order valence-electron chi connectivity index (χ3n) is 5.67. The molecule has 1 aliphatic rings. The summed E-state index contributed by atoms with van der Waals surface area (Å²) in [7, 11) is 3.30. The maximum Gasteiger partial charge on any atom is 0.296 e. The molecule has 1 aromatic heterocycles. The summed E-state index contributed by atoms with van der Waals surface area (Å²) < 4.78 is 15.0. The lowest BCUT2D eigenvalue weighted by Crippen LogP contribution is -3.00. The number of hydrogen-bond donors (Lipinski definition) is 1. The molecule has 0 unspecified atom stereocenters. The highest BCUT2D eigenvalue weighted by Gasteiger charge is 2.28. The second-order valence-corrected chi connectivity index (χ2v) is 7.66. The van der Waals surface area contributed by atoms with Gasteiger partial charge in [-0.3, -0.25) is 4.79 Å². The molecule has 0 saturated carbocycles. The number of carbonyl (C=O) groups is 1. The summed E-state index contributed by atoms with van der Waals surface area (Å²) in [6.07, 6.45) is 4.34. The van der Waals surface area contributed by atoms with Crippen molar-refractivity contribution < 1.29 is 35.8 Å². The van der Waals surface area contributed by atoms with Gasteiger partial charge in [0, 0.05) is 23.1 Å². The molecule has 7 nitrogen and oxygen atoms in total. The minimum Gasteiger partial charge on any atom is -1.00 e. The molecule has 3 aromatic rings. The number of ether oxygens (including phenoxy) is 2. The maximum absolute atomic E-state index is 12.8. The van der Waals surface area contributed by atoms with Crippen LogP contribution in [0.3, 0.4) is 0 Å². The van der Waals surface area contributed by atoms with Crippen LogP contribution in [-0.4, -0.2) is 29.8 Å². The predicted molar refractivity (Wildman–Crippen MR) is 118 cm³/mol. The van der Waals surface area contributed by atoms with E-state index in [2.05, 4.69) is 9.88 Å². The molecule has 0 bridgehead atoms. The van der Waals surface area contributed by atoms with Gasteiger partial charge in [-0.1, -0.05) is 30.3 Å². The number of hydrogen-bond acceptors (Lipinski definition) is 5. The van der Waals surface area contributed by atoms with Crippen LogP contribution >= 0.6 is 0 Å². The monoisotopic (exact) mass is 500 g/mol. The fraction of sp³-hybridized carbons (Fsp3) is 0.375. The number of aromatic nitrogens is 3. The van der Waals surface area contributed by atoms with E-state index in [4.69, 9.17) is 14.6 Å². The lowest BCUT2D eigenvalue weighted by atomic mass is 10.1. The Balaban J connectivity index is 0.00000289. The topological polar surface area (TPSA) is 69.3 Å². The van der Waals surface area contributed by atoms with Crippen LogP contribution < -0.4 is 36.3 Å². The van der Waals surface area contributed by atoms with Crippen LogP contribution in [0.15, 0.2) is 48.5 Å². The highest BCUT2D eigenvalue weighted by Crippen LogP contribution is 2.29. The van der Waals surface area contributed by atoms with E-state index >= 15 is 0 Å². The van der Waals surface area contributed by atoms with Crippen molar-refractivity contribution in [3.63, 3.8) is 0 Å². The molecule has 8 heteroatoms.